The van der Waals surface area contributed by atoms with Gasteiger partial charge in [0.25, 0.3) is 0 Å². The van der Waals surface area contributed by atoms with Crippen LogP contribution < -0.4 is 4.74 Å². The van der Waals surface area contributed by atoms with E-state index in [2.05, 4.69) is 12.1 Å². The van der Waals surface area contributed by atoms with Crippen LogP contribution in [0.25, 0.3) is 9.75 Å². The molecule has 2 aromatic heterocycles. The molecule has 2 nitrogen and oxygen atoms in total. The van der Waals surface area contributed by atoms with Gasteiger partial charge in [0, 0.05) is 15.3 Å². The van der Waals surface area contributed by atoms with Crippen molar-refractivity contribution >= 4 is 29.0 Å². The number of aldehydes is 1. The molecule has 0 aromatic carbocycles. The highest BCUT2D eigenvalue weighted by Crippen LogP contribution is 2.40. The summed E-state index contributed by atoms with van der Waals surface area (Å²) >= 11 is 3.15. The number of rotatable bonds is 3. The van der Waals surface area contributed by atoms with Gasteiger partial charge in [0.2, 0.25) is 0 Å². The van der Waals surface area contributed by atoms with Gasteiger partial charge >= 0.3 is 0 Å². The Morgan fingerprint density at radius 1 is 1.12 bits per heavy atom. The molecular weight excluding hydrogens is 240 g/mol. The summed E-state index contributed by atoms with van der Waals surface area (Å²) in [6.07, 6.45) is 0.918. The minimum Gasteiger partial charge on any atom is -0.487 e. The maximum absolute atomic E-state index is 10.8. The molecule has 0 radical (unpaired) electrons. The lowest BCUT2D eigenvalue weighted by Crippen LogP contribution is -1.77. The Morgan fingerprint density at radius 3 is 2.25 bits per heavy atom. The molecule has 0 atom stereocenters. The van der Waals surface area contributed by atoms with E-state index in [4.69, 9.17) is 4.74 Å². The van der Waals surface area contributed by atoms with Crippen molar-refractivity contribution in [3.05, 3.63) is 28.1 Å². The van der Waals surface area contributed by atoms with Crippen LogP contribution in [-0.4, -0.2) is 13.4 Å². The molecule has 0 bridgehead atoms. The van der Waals surface area contributed by atoms with Gasteiger partial charge in [0.15, 0.2) is 11.3 Å². The summed E-state index contributed by atoms with van der Waals surface area (Å²) in [5, 5.41) is 0.939. The molecule has 2 heterocycles. The van der Waals surface area contributed by atoms with Crippen molar-refractivity contribution in [1.29, 1.82) is 0 Å². The molecule has 84 valence electrons. The van der Waals surface area contributed by atoms with E-state index >= 15 is 0 Å². The minimum atomic E-state index is 0.806. The van der Waals surface area contributed by atoms with E-state index < -0.39 is 0 Å². The fourth-order valence-electron chi connectivity index (χ4n) is 1.52. The third-order valence-corrected chi connectivity index (χ3v) is 4.92. The van der Waals surface area contributed by atoms with E-state index in [0.717, 1.165) is 37.1 Å². The van der Waals surface area contributed by atoms with E-state index in [0.29, 0.717) is 0 Å². The van der Waals surface area contributed by atoms with Gasteiger partial charge in [0.1, 0.15) is 0 Å². The summed E-state index contributed by atoms with van der Waals surface area (Å²) in [6.45, 7) is 3.99. The van der Waals surface area contributed by atoms with Crippen LogP contribution in [0.1, 0.15) is 20.8 Å². The molecule has 0 aliphatic heterocycles. The van der Waals surface area contributed by atoms with Crippen molar-refractivity contribution in [2.45, 2.75) is 13.8 Å². The van der Waals surface area contributed by atoms with Crippen LogP contribution >= 0.6 is 22.7 Å². The van der Waals surface area contributed by atoms with E-state index in [1.54, 1.807) is 18.4 Å². The predicted molar refractivity (Wildman–Crippen MR) is 69.0 cm³/mol. The first kappa shape index (κ1) is 11.4. The van der Waals surface area contributed by atoms with Gasteiger partial charge in [-0.3, -0.25) is 4.79 Å². The number of ether oxygens (including phenoxy) is 1. The molecule has 0 amide bonds. The van der Waals surface area contributed by atoms with Gasteiger partial charge in [0.05, 0.1) is 12.0 Å². The minimum absolute atomic E-state index is 0.806. The van der Waals surface area contributed by atoms with E-state index in [-0.39, 0.29) is 0 Å². The first-order valence-electron chi connectivity index (χ1n) is 4.86. The zero-order valence-corrected chi connectivity index (χ0v) is 11.0. The maximum Gasteiger partial charge on any atom is 0.176 e. The normalized spacial score (nSPS) is 10.4. The van der Waals surface area contributed by atoms with Gasteiger partial charge in [-0.25, -0.2) is 0 Å². The number of methoxy groups -OCH3 is 1. The topological polar surface area (TPSA) is 26.3 Å². The number of carbonyl (C=O) groups is 1. The summed E-state index contributed by atoms with van der Waals surface area (Å²) in [5.41, 5.74) is 2.18. The summed E-state index contributed by atoms with van der Waals surface area (Å²) in [5.74, 6) is 0. The molecule has 0 N–H and O–H groups in total. The fourth-order valence-corrected chi connectivity index (χ4v) is 3.57. The van der Waals surface area contributed by atoms with Gasteiger partial charge in [-0.05, 0) is 31.5 Å². The van der Waals surface area contributed by atoms with Gasteiger partial charge in [-0.15, -0.1) is 11.3 Å². The third-order valence-electron chi connectivity index (χ3n) is 2.36. The fraction of sp³-hybridized carbons (Fsp3) is 0.250. The maximum atomic E-state index is 10.8. The number of hydrogen-bond donors (Lipinski definition) is 0. The molecule has 0 saturated heterocycles. The van der Waals surface area contributed by atoms with Crippen LogP contribution in [0.3, 0.4) is 0 Å². The predicted octanol–water partition coefficient (Wildman–Crippen LogP) is 3.91. The largest absolute Gasteiger partial charge is 0.487 e. The molecular formula is C12H12O2S2. The molecule has 0 spiro atoms. The Hall–Kier alpha value is -1.13. The molecule has 4 heteroatoms. The van der Waals surface area contributed by atoms with Crippen molar-refractivity contribution in [3.63, 3.8) is 0 Å². The molecule has 2 aromatic rings. The Kier molecular flexibility index (Phi) is 3.12. The Labute approximate surface area is 103 Å². The lowest BCUT2D eigenvalue weighted by Gasteiger charge is -1.92. The summed E-state index contributed by atoms with van der Waals surface area (Å²) in [4.78, 5) is 13.9. The zero-order chi connectivity index (χ0) is 11.7. The SMILES string of the molecule is COc1sc(-c2cc(C)c(C=O)s2)cc1C. The highest BCUT2D eigenvalue weighted by atomic mass is 32.1. The molecule has 16 heavy (non-hydrogen) atoms. The van der Waals surface area contributed by atoms with E-state index in [1.807, 2.05) is 13.8 Å². The van der Waals surface area contributed by atoms with Crippen LogP contribution in [0.4, 0.5) is 0 Å². The second-order valence-electron chi connectivity index (χ2n) is 3.56. The molecule has 0 aliphatic carbocycles. The first-order valence-corrected chi connectivity index (χ1v) is 6.49. The van der Waals surface area contributed by atoms with Crippen LogP contribution in [0, 0.1) is 13.8 Å². The zero-order valence-electron chi connectivity index (χ0n) is 9.37. The monoisotopic (exact) mass is 252 g/mol. The van der Waals surface area contributed by atoms with E-state index in [1.165, 1.54) is 11.3 Å². The average Bonchev–Trinajstić information content (AvgIpc) is 2.81. The number of aryl methyl sites for hydroxylation is 2. The summed E-state index contributed by atoms with van der Waals surface area (Å²) in [7, 11) is 1.68. The van der Waals surface area contributed by atoms with Crippen LogP contribution in [0.15, 0.2) is 12.1 Å². The molecule has 0 unspecified atom stereocenters. The molecule has 2 rings (SSSR count). The third kappa shape index (κ3) is 1.90. The van der Waals surface area contributed by atoms with Gasteiger partial charge in [-0.1, -0.05) is 11.3 Å². The average molecular weight is 252 g/mol. The number of carbonyl (C=O) groups excluding carboxylic acids is 1. The number of thiophene rings is 2. The standard InChI is InChI=1S/C12H12O2S2/c1-7-4-9(15-11(7)6-13)10-5-8(2)12(14-3)16-10/h4-6H,1-3H3. The van der Waals surface area contributed by atoms with Crippen molar-refractivity contribution < 1.29 is 9.53 Å². The first-order chi connectivity index (χ1) is 7.65. The van der Waals surface area contributed by atoms with Crippen LogP contribution in [0.5, 0.6) is 5.06 Å². The second-order valence-corrected chi connectivity index (χ2v) is 5.66. The van der Waals surface area contributed by atoms with Gasteiger partial charge in [-0.2, -0.15) is 0 Å². The van der Waals surface area contributed by atoms with Crippen molar-refractivity contribution in [2.75, 3.05) is 7.11 Å². The van der Waals surface area contributed by atoms with Crippen molar-refractivity contribution in [1.82, 2.24) is 0 Å². The van der Waals surface area contributed by atoms with Crippen LogP contribution in [-0.2, 0) is 0 Å². The van der Waals surface area contributed by atoms with E-state index in [9.17, 15) is 4.79 Å². The molecule has 0 fully saturated rings. The highest BCUT2D eigenvalue weighted by Gasteiger charge is 2.11. The van der Waals surface area contributed by atoms with Crippen molar-refractivity contribution in [3.8, 4) is 14.8 Å². The molecule has 0 aliphatic rings. The quantitative estimate of drug-likeness (QED) is 0.774. The number of hydrogen-bond acceptors (Lipinski definition) is 4. The lowest BCUT2D eigenvalue weighted by atomic mass is 10.2. The van der Waals surface area contributed by atoms with Gasteiger partial charge < -0.3 is 4.74 Å². The summed E-state index contributed by atoms with van der Waals surface area (Å²) in [6, 6.07) is 4.16. The highest BCUT2D eigenvalue weighted by molar-refractivity contribution is 7.23. The van der Waals surface area contributed by atoms with Crippen molar-refractivity contribution in [2.24, 2.45) is 0 Å². The Balaban J connectivity index is 2.45. The Bertz CT molecular complexity index is 523. The van der Waals surface area contributed by atoms with Crippen LogP contribution in [0.2, 0.25) is 0 Å². The smallest absolute Gasteiger partial charge is 0.176 e. The Morgan fingerprint density at radius 2 is 1.75 bits per heavy atom. The summed E-state index contributed by atoms with van der Waals surface area (Å²) < 4.78 is 5.26. The lowest BCUT2D eigenvalue weighted by molar-refractivity contribution is 0.112. The molecule has 0 saturated carbocycles. The second kappa shape index (κ2) is 4.39.